The molecule has 9 aromatic heterocycles. The number of halogens is 2. The Labute approximate surface area is 903 Å². The van der Waals surface area contributed by atoms with Crippen molar-refractivity contribution in [2.24, 2.45) is 0 Å². The third kappa shape index (κ3) is 22.0. The van der Waals surface area contributed by atoms with Gasteiger partial charge in [0.1, 0.15) is 17.5 Å². The summed E-state index contributed by atoms with van der Waals surface area (Å²) in [6, 6.07) is 191. The first kappa shape index (κ1) is 99.2. The molecule has 0 spiro atoms. The third-order valence-corrected chi connectivity index (χ3v) is 25.5. The predicted molar refractivity (Wildman–Crippen MR) is 610 cm³/mol. The van der Waals surface area contributed by atoms with E-state index in [1.54, 1.807) is 12.1 Å². The molecule has 25 rings (SSSR count). The minimum Gasteiger partial charge on any atom is -0.352 e. The maximum Gasteiger partial charge on any atom is 2.00 e. The normalized spacial score (nSPS) is 10.7. The van der Waals surface area contributed by atoms with Crippen molar-refractivity contribution in [1.82, 2.24) is 43.6 Å². The maximum absolute atomic E-state index is 8.29. The van der Waals surface area contributed by atoms with Crippen LogP contribution in [-0.4, -0.2) is 43.6 Å². The van der Waals surface area contributed by atoms with Crippen molar-refractivity contribution in [3.8, 4) is 124 Å². The summed E-state index contributed by atoms with van der Waals surface area (Å²) in [5, 5.41) is 11.7. The van der Waals surface area contributed by atoms with E-state index >= 15 is 0 Å². The van der Waals surface area contributed by atoms with Gasteiger partial charge in [-0.05, 0) is 214 Å². The van der Waals surface area contributed by atoms with Crippen LogP contribution in [0.25, 0.3) is 151 Å². The zero-order valence-electron chi connectivity index (χ0n) is 80.9. The molecule has 0 N–H and O–H groups in total. The van der Waals surface area contributed by atoms with Crippen molar-refractivity contribution in [3.05, 3.63) is 583 Å². The van der Waals surface area contributed by atoms with Gasteiger partial charge in [0.05, 0.1) is 45.4 Å². The Morgan fingerprint density at radius 3 is 0.880 bits per heavy atom. The van der Waals surface area contributed by atoms with Crippen LogP contribution in [0.5, 0.6) is 0 Å². The summed E-state index contributed by atoms with van der Waals surface area (Å²) in [5.74, 6) is 2.57. The Morgan fingerprint density at radius 2 is 0.520 bits per heavy atom. The van der Waals surface area contributed by atoms with Crippen molar-refractivity contribution in [2.75, 3.05) is 14.7 Å². The molecule has 0 radical (unpaired) electrons. The fourth-order valence-corrected chi connectivity index (χ4v) is 19.1. The molecule has 0 aliphatic rings. The zero-order valence-corrected chi connectivity index (χ0v) is 87.0. The molecule has 16 aromatic carbocycles. The van der Waals surface area contributed by atoms with Gasteiger partial charge in [-0.3, -0.25) is 19.1 Å². The van der Waals surface area contributed by atoms with E-state index in [1.807, 2.05) is 165 Å². The summed E-state index contributed by atoms with van der Waals surface area (Å²) < 4.78 is 6.86. The maximum atomic E-state index is 8.29. The largest absolute Gasteiger partial charge is 2.00 e. The van der Waals surface area contributed by atoms with Crippen LogP contribution in [0.2, 0.25) is 0 Å². The molecule has 0 amide bonds. The fourth-order valence-electron chi connectivity index (χ4n) is 19.1. The number of aromatic nitrogens is 9. The van der Waals surface area contributed by atoms with Gasteiger partial charge in [-0.1, -0.05) is 345 Å². The molecule has 0 fully saturated rings. The van der Waals surface area contributed by atoms with Crippen LogP contribution in [0.15, 0.2) is 565 Å². The quantitative estimate of drug-likeness (QED) is 0.0642. The first-order valence-electron chi connectivity index (χ1n) is 48.7. The monoisotopic (exact) mass is 2330 g/mol. The van der Waals surface area contributed by atoms with E-state index in [-0.39, 0.29) is 21.1 Å². The number of hydrogen-bond donors (Lipinski definition) is 0. The average Bonchev–Trinajstić information content (AvgIpc) is 1.58. The molecule has 25 aromatic rings. The molecule has 0 saturated carbocycles. The second-order valence-electron chi connectivity index (χ2n) is 34.7. The van der Waals surface area contributed by atoms with Gasteiger partial charge in [-0.15, -0.1) is 47.3 Å². The molecule has 150 heavy (non-hydrogen) atoms. The molecule has 0 unspecified atom stereocenters. The third-order valence-electron chi connectivity index (χ3n) is 25.5. The van der Waals surface area contributed by atoms with Crippen LogP contribution in [0.3, 0.4) is 0 Å². The summed E-state index contributed by atoms with van der Waals surface area (Å²) in [6.45, 7) is 0. The summed E-state index contributed by atoms with van der Waals surface area (Å²) in [6.07, 6.45) is 11.1. The zero-order chi connectivity index (χ0) is 101. The fraction of sp³-hybridized carbons (Fsp3) is 0. The molecule has 0 aliphatic carbocycles. The van der Waals surface area contributed by atoms with Crippen molar-refractivity contribution < 1.29 is 37.5 Å². The summed E-state index contributed by atoms with van der Waals surface area (Å²) in [7, 11) is 9.75. The van der Waals surface area contributed by atoms with E-state index in [0.29, 0.717) is 5.56 Å². The number of anilines is 9. The number of hydrogen-bond acceptors (Lipinski definition) is 10. The molecule has 724 valence electrons. The number of benzene rings is 16. The first-order valence-corrected chi connectivity index (χ1v) is 54.4. The topological polar surface area (TPSA) is 126 Å². The van der Waals surface area contributed by atoms with Gasteiger partial charge in [0.25, 0.3) is 0 Å². The summed E-state index contributed by atoms with van der Waals surface area (Å²) in [4.78, 5) is 35.2. The van der Waals surface area contributed by atoms with E-state index in [9.17, 15) is 0 Å². The van der Waals surface area contributed by atoms with Gasteiger partial charge in [-0.25, -0.2) is 15.0 Å². The van der Waals surface area contributed by atoms with Crippen molar-refractivity contribution in [2.45, 2.75) is 0 Å². The van der Waals surface area contributed by atoms with Crippen molar-refractivity contribution in [3.63, 3.8) is 0 Å². The molecule has 9 heterocycles. The minimum absolute atomic E-state index is 0. The van der Waals surface area contributed by atoms with Gasteiger partial charge < -0.3 is 24.3 Å². The van der Waals surface area contributed by atoms with Crippen LogP contribution < -0.4 is 14.7 Å². The molecule has 0 saturated heterocycles. The smallest absolute Gasteiger partial charge is 0.352 e. The number of para-hydroxylation sites is 3. The van der Waals surface area contributed by atoms with E-state index in [1.165, 1.54) is 11.1 Å². The molecule has 0 bridgehead atoms. The van der Waals surface area contributed by atoms with E-state index in [4.69, 9.17) is 39.1 Å². The molecular weight excluding hydrogens is 2240 g/mol. The predicted octanol–water partition coefficient (Wildman–Crippen LogP) is 35.2. The van der Waals surface area contributed by atoms with Gasteiger partial charge >= 0.3 is 56.4 Å². The van der Waals surface area contributed by atoms with Crippen LogP contribution >= 0.6 is 18.8 Å². The Kier molecular flexibility index (Phi) is 31.9. The SMILES string of the molecule is N#Cc1ccccc1.[Cl][Pt][Cl].[Pt+2].[c-]1c(-c2ccccn2)cccc1N(c1[c-]c2c(cc1)c(-c1ccccc1)c(-c1ccccc1)n2-c1ccccn1)c1ccccc1.c1ccc(-c2c(-c3ccccc3)n(-c3ccccn3)c3cc(N(c4ccccc4)c4cccc(-c5ccccn5)c4)ccc23)cc1.c1ccc(-c2c(-c3ccccc3)n(-c3ccccn3)c3cc(N(c4ccccc4)c4cccc(-c5ccccn5)c4)ccc23)cc1. The van der Waals surface area contributed by atoms with Crippen LogP contribution in [0, 0.1) is 23.5 Å². The molecule has 13 nitrogen and oxygen atoms in total. The number of nitrogens with zero attached hydrogens (tertiary/aromatic N) is 13. The molecule has 0 atom stereocenters. The standard InChI is InChI=1S/2C42H30N4.C42H28N4.C7H5N.2ClH.2Pt/c3*1-4-15-31(16-5-1)41-37-26-25-36(30-39(37)46(40-24-11-13-28-44-40)42(41)32-17-6-2-7-18-32)45(34-20-8-3-9-21-34)35-22-14-19-33(29-35)38-23-10-12-27-43-38;8-6-7-4-2-1-3-5-7;;;;/h2*1-30H;1-28H;1-5H;2*1H;;/q;;-2;;;;2*+2/p-2. The van der Waals surface area contributed by atoms with Crippen molar-refractivity contribution >= 4 is 103 Å². The second-order valence-corrected chi connectivity index (χ2v) is 38.0. The minimum atomic E-state index is -0.472. The van der Waals surface area contributed by atoms with Gasteiger partial charge in [0.15, 0.2) is 0 Å². The molecule has 0 aliphatic heterocycles. The number of fused-ring (bicyclic) bond motifs is 3. The van der Waals surface area contributed by atoms with E-state index in [2.05, 4.69) is 450 Å². The van der Waals surface area contributed by atoms with E-state index < -0.39 is 16.5 Å². The Balaban J connectivity index is 0.000000129. The number of rotatable bonds is 21. The van der Waals surface area contributed by atoms with Gasteiger partial charge in [0.2, 0.25) is 0 Å². The van der Waals surface area contributed by atoms with Gasteiger partial charge in [0, 0.05) is 116 Å². The second kappa shape index (κ2) is 48.3. The molecule has 17 heteroatoms. The molecular formula is C133H93Cl2N13Pt2. The number of pyridine rings is 6. The summed E-state index contributed by atoms with van der Waals surface area (Å²) in [5.41, 5.74) is 32.4. The van der Waals surface area contributed by atoms with Crippen molar-refractivity contribution in [1.29, 1.82) is 5.26 Å². The Bertz CT molecular complexity index is 8000. The summed E-state index contributed by atoms with van der Waals surface area (Å²) >= 11 is -0.472. The van der Waals surface area contributed by atoms with Gasteiger partial charge in [-0.2, -0.15) is 11.3 Å². The van der Waals surface area contributed by atoms with Crippen LogP contribution in [-0.2, 0) is 37.5 Å². The Hall–Kier alpha value is -18.1. The van der Waals surface area contributed by atoms with Crippen LogP contribution in [0.4, 0.5) is 51.2 Å². The Morgan fingerprint density at radius 1 is 0.233 bits per heavy atom. The number of nitriles is 1. The van der Waals surface area contributed by atoms with E-state index in [0.717, 1.165) is 191 Å². The van der Waals surface area contributed by atoms with Crippen LogP contribution in [0.1, 0.15) is 5.56 Å². The average molecular weight is 2330 g/mol. The first-order chi connectivity index (χ1) is 73.9.